The van der Waals surface area contributed by atoms with Crippen molar-refractivity contribution in [2.75, 3.05) is 9.80 Å². The van der Waals surface area contributed by atoms with Gasteiger partial charge in [-0.15, -0.1) is 0 Å². The first-order valence-electron chi connectivity index (χ1n) is 19.4. The molecule has 0 atom stereocenters. The Morgan fingerprint density at radius 2 is 0.907 bits per heavy atom. The molecule has 0 heterocycles. The first-order chi connectivity index (χ1) is 26.5. The molecule has 2 heteroatoms. The van der Waals surface area contributed by atoms with Gasteiger partial charge in [-0.2, -0.15) is 0 Å². The van der Waals surface area contributed by atoms with Crippen molar-refractivity contribution in [1.29, 1.82) is 0 Å². The van der Waals surface area contributed by atoms with E-state index in [9.17, 15) is 0 Å². The highest BCUT2D eigenvalue weighted by Crippen LogP contribution is 2.40. The summed E-state index contributed by atoms with van der Waals surface area (Å²) in [5, 5.41) is 0. The zero-order valence-corrected chi connectivity index (χ0v) is 32.0. The Morgan fingerprint density at radius 3 is 1.39 bits per heavy atom. The molecule has 0 spiro atoms. The summed E-state index contributed by atoms with van der Waals surface area (Å²) >= 11 is 0. The number of anilines is 5. The van der Waals surface area contributed by atoms with Crippen molar-refractivity contribution in [2.45, 2.75) is 53.4 Å². The summed E-state index contributed by atoms with van der Waals surface area (Å²) in [5.74, 6) is 0. The minimum absolute atomic E-state index is 0.980. The van der Waals surface area contributed by atoms with Gasteiger partial charge in [0.2, 0.25) is 0 Å². The predicted octanol–water partition coefficient (Wildman–Crippen LogP) is 14.9. The number of allylic oxidation sites excluding steroid dienone is 3. The lowest BCUT2D eigenvalue weighted by atomic mass is 9.93. The van der Waals surface area contributed by atoms with Gasteiger partial charge in [0.25, 0.3) is 0 Å². The Labute approximate surface area is 322 Å². The number of rotatable bonds is 12. The van der Waals surface area contributed by atoms with Crippen LogP contribution in [0.25, 0.3) is 24.3 Å². The molecule has 0 radical (unpaired) electrons. The second-order valence-electron chi connectivity index (χ2n) is 14.0. The van der Waals surface area contributed by atoms with E-state index in [4.69, 9.17) is 0 Å². The van der Waals surface area contributed by atoms with Gasteiger partial charge in [0.1, 0.15) is 0 Å². The molecule has 0 saturated carbocycles. The minimum Gasteiger partial charge on any atom is -0.310 e. The largest absolute Gasteiger partial charge is 0.310 e. The Morgan fingerprint density at radius 1 is 0.463 bits per heavy atom. The van der Waals surface area contributed by atoms with Gasteiger partial charge < -0.3 is 9.80 Å². The Kier molecular flexibility index (Phi) is 11.5. The molecule has 0 aliphatic heterocycles. The van der Waals surface area contributed by atoms with Gasteiger partial charge >= 0.3 is 0 Å². The summed E-state index contributed by atoms with van der Waals surface area (Å²) < 4.78 is 0. The summed E-state index contributed by atoms with van der Waals surface area (Å²) in [6.45, 7) is 8.99. The normalized spacial score (nSPS) is 13.1. The molecule has 0 amide bonds. The van der Waals surface area contributed by atoms with Crippen molar-refractivity contribution in [3.8, 4) is 0 Å². The molecule has 268 valence electrons. The molecule has 6 aromatic carbocycles. The van der Waals surface area contributed by atoms with E-state index in [2.05, 4.69) is 220 Å². The Balaban J connectivity index is 1.04. The zero-order chi connectivity index (χ0) is 37.3. The highest BCUT2D eigenvalue weighted by atomic mass is 15.2. The molecule has 1 aliphatic carbocycles. The first-order valence-corrected chi connectivity index (χ1v) is 19.4. The highest BCUT2D eigenvalue weighted by Gasteiger charge is 2.22. The van der Waals surface area contributed by atoms with Crippen LogP contribution in [0, 0.1) is 6.92 Å². The maximum Gasteiger partial charge on any atom is 0.0522 e. The van der Waals surface area contributed by atoms with E-state index in [1.54, 1.807) is 0 Å². The van der Waals surface area contributed by atoms with Gasteiger partial charge in [0.05, 0.1) is 5.69 Å². The molecule has 0 fully saturated rings. The van der Waals surface area contributed by atoms with Crippen LogP contribution in [0.2, 0.25) is 0 Å². The third kappa shape index (κ3) is 8.24. The fourth-order valence-corrected chi connectivity index (χ4v) is 7.46. The van der Waals surface area contributed by atoms with Crippen LogP contribution in [0.1, 0.15) is 73.4 Å². The average Bonchev–Trinajstić information content (AvgIpc) is 3.22. The number of hydrogen-bond donors (Lipinski definition) is 0. The van der Waals surface area contributed by atoms with Crippen LogP contribution in [0.15, 0.2) is 175 Å². The number of para-hydroxylation sites is 3. The molecule has 6 aromatic rings. The van der Waals surface area contributed by atoms with Crippen molar-refractivity contribution in [3.05, 3.63) is 208 Å². The molecule has 1 aliphatic rings. The van der Waals surface area contributed by atoms with Crippen molar-refractivity contribution >= 4 is 52.7 Å². The topological polar surface area (TPSA) is 6.48 Å². The van der Waals surface area contributed by atoms with Gasteiger partial charge in [-0.3, -0.25) is 0 Å². The Hall–Kier alpha value is -6.12. The van der Waals surface area contributed by atoms with Crippen LogP contribution in [0.3, 0.4) is 0 Å². The smallest absolute Gasteiger partial charge is 0.0522 e. The SMILES string of the molecule is CCC1=CCCC(C)=C1N(c1ccccc1)c1ccc(/C=C/c2ccc(/C=C/c3ccc(N(c4ccccc4)c4c(C)cccc4CC)cc3)cc2)cc1. The van der Waals surface area contributed by atoms with Crippen LogP contribution in [-0.4, -0.2) is 0 Å². The van der Waals surface area contributed by atoms with Crippen LogP contribution in [0.5, 0.6) is 0 Å². The zero-order valence-electron chi connectivity index (χ0n) is 32.0. The summed E-state index contributed by atoms with van der Waals surface area (Å²) in [6, 6.07) is 54.6. The van der Waals surface area contributed by atoms with Gasteiger partial charge in [-0.05, 0) is 133 Å². The predicted molar refractivity (Wildman–Crippen MR) is 235 cm³/mol. The maximum atomic E-state index is 2.44. The Bertz CT molecular complexity index is 2270. The average molecular weight is 703 g/mol. The molecular weight excluding hydrogens is 653 g/mol. The van der Waals surface area contributed by atoms with E-state index in [-0.39, 0.29) is 0 Å². The van der Waals surface area contributed by atoms with Gasteiger partial charge in [0.15, 0.2) is 0 Å². The molecule has 0 aromatic heterocycles. The standard InChI is InChI=1S/C52H50N2/c1-5-45-17-13-15-39(3)51(45)53(47-19-9-7-10-20-47)49-35-31-43(32-36-49)29-27-41-23-25-42(26-24-41)28-30-44-33-37-50(38-34-44)54(48-21-11-8-12-22-48)52-40(4)16-14-18-46(52)6-2/h7-13,15,17-38H,5-6,14,16H2,1-4H3/b29-27+,30-28+. The quantitative estimate of drug-likeness (QED) is 0.117. The van der Waals surface area contributed by atoms with Crippen LogP contribution >= 0.6 is 0 Å². The number of nitrogens with zero attached hydrogens (tertiary/aromatic N) is 2. The molecule has 54 heavy (non-hydrogen) atoms. The van der Waals surface area contributed by atoms with Crippen LogP contribution < -0.4 is 9.80 Å². The summed E-state index contributed by atoms with van der Waals surface area (Å²) in [4.78, 5) is 4.82. The second kappa shape index (κ2) is 17.1. The number of aryl methyl sites for hydroxylation is 2. The lowest BCUT2D eigenvalue weighted by Gasteiger charge is -2.33. The van der Waals surface area contributed by atoms with E-state index in [0.717, 1.165) is 37.1 Å². The third-order valence-electron chi connectivity index (χ3n) is 10.4. The van der Waals surface area contributed by atoms with E-state index in [1.165, 1.54) is 67.3 Å². The van der Waals surface area contributed by atoms with Crippen LogP contribution in [-0.2, 0) is 6.42 Å². The van der Waals surface area contributed by atoms with E-state index >= 15 is 0 Å². The first kappa shape index (κ1) is 36.2. The van der Waals surface area contributed by atoms with Gasteiger partial charge in [-0.1, -0.05) is 147 Å². The maximum absolute atomic E-state index is 2.44. The van der Waals surface area contributed by atoms with Crippen molar-refractivity contribution in [1.82, 2.24) is 0 Å². The van der Waals surface area contributed by atoms with Crippen molar-refractivity contribution in [3.63, 3.8) is 0 Å². The highest BCUT2D eigenvalue weighted by molar-refractivity contribution is 5.82. The third-order valence-corrected chi connectivity index (χ3v) is 10.4. The number of hydrogen-bond acceptors (Lipinski definition) is 2. The fraction of sp³-hybridized carbons (Fsp3) is 0.154. The lowest BCUT2D eigenvalue weighted by molar-refractivity contribution is 0.874. The molecule has 0 bridgehead atoms. The molecule has 0 unspecified atom stereocenters. The second-order valence-corrected chi connectivity index (χ2v) is 14.0. The molecule has 0 saturated heterocycles. The fourth-order valence-electron chi connectivity index (χ4n) is 7.46. The lowest BCUT2D eigenvalue weighted by Crippen LogP contribution is -2.21. The van der Waals surface area contributed by atoms with E-state index < -0.39 is 0 Å². The summed E-state index contributed by atoms with van der Waals surface area (Å²) in [6.07, 6.45) is 15.4. The van der Waals surface area contributed by atoms with Gasteiger partial charge in [0, 0.05) is 28.4 Å². The van der Waals surface area contributed by atoms with Crippen LogP contribution in [0.4, 0.5) is 28.4 Å². The van der Waals surface area contributed by atoms with Gasteiger partial charge in [-0.25, -0.2) is 0 Å². The minimum atomic E-state index is 0.980. The molecule has 0 N–H and O–H groups in total. The molecule has 7 rings (SSSR count). The van der Waals surface area contributed by atoms with Crippen molar-refractivity contribution < 1.29 is 0 Å². The molecular formula is C52H50N2. The van der Waals surface area contributed by atoms with E-state index in [1.807, 2.05) is 0 Å². The van der Waals surface area contributed by atoms with Crippen molar-refractivity contribution in [2.24, 2.45) is 0 Å². The summed E-state index contributed by atoms with van der Waals surface area (Å²) in [5.41, 5.74) is 17.5. The molecule has 2 nitrogen and oxygen atoms in total. The summed E-state index contributed by atoms with van der Waals surface area (Å²) in [7, 11) is 0. The number of benzene rings is 6. The van der Waals surface area contributed by atoms with E-state index in [0.29, 0.717) is 0 Å². The monoisotopic (exact) mass is 702 g/mol.